The van der Waals surface area contributed by atoms with Gasteiger partial charge in [-0.15, -0.1) is 0 Å². The first-order valence-electron chi connectivity index (χ1n) is 36.2. The van der Waals surface area contributed by atoms with E-state index in [2.05, 4.69) is 67.8 Å². The average molecular weight is 1190 g/mol. The lowest BCUT2D eigenvalue weighted by atomic mass is 10.0. The Morgan fingerprint density at radius 2 is 0.711 bits per heavy atom. The van der Waals surface area contributed by atoms with E-state index < -0.39 is 26.6 Å². The van der Waals surface area contributed by atoms with Crippen molar-refractivity contribution in [3.63, 3.8) is 0 Å². The molecule has 0 rings (SSSR count). The lowest BCUT2D eigenvalue weighted by Gasteiger charge is -2.29. The SMILES string of the molecule is CCCCCCC/C=C\C/C=C\CCCCCCCCCCCCCCCCCCCCCC(=O)NC(COP(=O)([O-])OCC[N+](C)(C)C)C(O)/C=C/CC/C=C/CC/C=C/CCCCCCCCCCCCCCCCCCCCCC. The van der Waals surface area contributed by atoms with Crippen molar-refractivity contribution in [2.24, 2.45) is 0 Å². The predicted octanol–water partition coefficient (Wildman–Crippen LogP) is 22.5. The van der Waals surface area contributed by atoms with Crippen molar-refractivity contribution in [3.05, 3.63) is 60.8 Å². The highest BCUT2D eigenvalue weighted by molar-refractivity contribution is 7.45. The third kappa shape index (κ3) is 67.6. The molecular formula is C74H141N2O6P. The van der Waals surface area contributed by atoms with Gasteiger partial charge in [0.15, 0.2) is 0 Å². The van der Waals surface area contributed by atoms with Crippen molar-refractivity contribution in [1.82, 2.24) is 5.32 Å². The van der Waals surface area contributed by atoms with Gasteiger partial charge < -0.3 is 28.8 Å². The molecule has 488 valence electrons. The van der Waals surface area contributed by atoms with E-state index in [9.17, 15) is 19.4 Å². The molecule has 0 fully saturated rings. The van der Waals surface area contributed by atoms with Crippen LogP contribution in [0, 0.1) is 0 Å². The summed E-state index contributed by atoms with van der Waals surface area (Å²) in [6.07, 6.45) is 89.3. The number of aliphatic hydroxyl groups excluding tert-OH is 1. The number of amides is 1. The number of phosphoric acid groups is 1. The van der Waals surface area contributed by atoms with Gasteiger partial charge in [-0.3, -0.25) is 9.36 Å². The molecule has 1 amide bonds. The summed E-state index contributed by atoms with van der Waals surface area (Å²) in [5.74, 6) is -0.206. The molecule has 0 saturated heterocycles. The van der Waals surface area contributed by atoms with Gasteiger partial charge in [-0.05, 0) is 77.0 Å². The predicted molar refractivity (Wildman–Crippen MR) is 362 cm³/mol. The topological polar surface area (TPSA) is 108 Å². The maximum Gasteiger partial charge on any atom is 0.268 e. The summed E-state index contributed by atoms with van der Waals surface area (Å²) in [4.78, 5) is 25.6. The first-order valence-corrected chi connectivity index (χ1v) is 37.6. The fourth-order valence-corrected chi connectivity index (χ4v) is 11.5. The van der Waals surface area contributed by atoms with Gasteiger partial charge in [0.2, 0.25) is 5.91 Å². The molecule has 2 N–H and O–H groups in total. The Labute approximate surface area is 517 Å². The number of unbranched alkanes of at least 4 members (excludes halogenated alkanes) is 46. The first-order chi connectivity index (χ1) is 40.5. The molecule has 0 bridgehead atoms. The quantitative estimate of drug-likeness (QED) is 0.0272. The Morgan fingerprint density at radius 3 is 1.05 bits per heavy atom. The zero-order chi connectivity index (χ0) is 60.5. The number of nitrogens with one attached hydrogen (secondary N) is 1. The fraction of sp³-hybridized carbons (Fsp3) is 0.851. The number of phosphoric ester groups is 1. The summed E-state index contributed by atoms with van der Waals surface area (Å²) >= 11 is 0. The molecule has 0 aromatic rings. The number of nitrogens with zero attached hydrogens (tertiary/aromatic N) is 1. The van der Waals surface area contributed by atoms with Crippen molar-refractivity contribution in [3.8, 4) is 0 Å². The van der Waals surface area contributed by atoms with Crippen molar-refractivity contribution in [2.75, 3.05) is 40.9 Å². The third-order valence-corrected chi connectivity index (χ3v) is 17.4. The number of hydrogen-bond donors (Lipinski definition) is 2. The number of hydrogen-bond acceptors (Lipinski definition) is 6. The largest absolute Gasteiger partial charge is 0.756 e. The van der Waals surface area contributed by atoms with Gasteiger partial charge in [-0.25, -0.2) is 0 Å². The molecule has 0 aromatic heterocycles. The maximum absolute atomic E-state index is 13.0. The van der Waals surface area contributed by atoms with Crippen LogP contribution in [0.25, 0.3) is 0 Å². The Bertz CT molecular complexity index is 1540. The molecule has 0 aliphatic rings. The van der Waals surface area contributed by atoms with Gasteiger partial charge in [-0.1, -0.05) is 331 Å². The lowest BCUT2D eigenvalue weighted by molar-refractivity contribution is -0.870. The molecule has 3 unspecified atom stereocenters. The van der Waals surface area contributed by atoms with Gasteiger partial charge in [0.25, 0.3) is 7.82 Å². The van der Waals surface area contributed by atoms with E-state index in [-0.39, 0.29) is 12.5 Å². The second kappa shape index (κ2) is 64.7. The molecule has 0 radical (unpaired) electrons. The molecule has 8 nitrogen and oxygen atoms in total. The summed E-state index contributed by atoms with van der Waals surface area (Å²) in [7, 11) is 1.25. The van der Waals surface area contributed by atoms with Crippen LogP contribution >= 0.6 is 7.82 Å². The van der Waals surface area contributed by atoms with Crippen LogP contribution in [-0.2, 0) is 18.4 Å². The molecule has 0 aromatic carbocycles. The molecule has 9 heteroatoms. The molecule has 0 aliphatic carbocycles. The minimum absolute atomic E-state index is 0.00898. The molecule has 0 spiro atoms. The van der Waals surface area contributed by atoms with Crippen molar-refractivity contribution in [1.29, 1.82) is 0 Å². The number of carbonyl (C=O) groups excluding carboxylic acids is 1. The summed E-state index contributed by atoms with van der Waals surface area (Å²) < 4.78 is 23.4. The van der Waals surface area contributed by atoms with Gasteiger partial charge >= 0.3 is 0 Å². The molecule has 0 aliphatic heterocycles. The van der Waals surface area contributed by atoms with E-state index in [4.69, 9.17) is 9.05 Å². The monoisotopic (exact) mass is 1190 g/mol. The van der Waals surface area contributed by atoms with Gasteiger partial charge in [0, 0.05) is 6.42 Å². The van der Waals surface area contributed by atoms with Crippen LogP contribution in [0.4, 0.5) is 0 Å². The zero-order valence-electron chi connectivity index (χ0n) is 55.9. The average Bonchev–Trinajstić information content (AvgIpc) is 3.49. The van der Waals surface area contributed by atoms with E-state index >= 15 is 0 Å². The second-order valence-corrected chi connectivity index (χ2v) is 27.3. The number of quaternary nitrogens is 1. The summed E-state index contributed by atoms with van der Waals surface area (Å²) in [5.41, 5.74) is 0. The van der Waals surface area contributed by atoms with E-state index in [1.807, 2.05) is 27.2 Å². The number of rotatable bonds is 67. The Balaban J connectivity index is 4.10. The molecule has 3 atom stereocenters. The second-order valence-electron chi connectivity index (χ2n) is 25.9. The van der Waals surface area contributed by atoms with Crippen LogP contribution in [0.3, 0.4) is 0 Å². The molecule has 0 heterocycles. The third-order valence-electron chi connectivity index (χ3n) is 16.4. The summed E-state index contributed by atoms with van der Waals surface area (Å²) in [6.45, 7) is 4.66. The first kappa shape index (κ1) is 81.2. The standard InChI is InChI=1S/C74H141N2O6P/c1-6-8-10-12-14-16-18-20-22-24-26-28-30-32-34-36-38-40-42-44-46-48-50-52-54-56-58-60-62-64-66-68-74(78)75-72(71-82-83(79,80)81-70-69-76(3,4)5)73(77)67-65-63-61-59-57-55-53-51-49-47-45-43-41-39-37-35-33-31-29-27-25-23-21-19-17-15-13-11-9-7-2/h18,20,24,26,49,51,57,59,65,67,72-73,77H,6-17,19,21-23,25,27-48,50,52-56,58,60-64,66,68-71H2,1-5H3,(H-,75,78,79,80)/b20-18-,26-24-,51-49+,59-57+,67-65+. The molecule has 0 saturated carbocycles. The minimum atomic E-state index is -4.62. The van der Waals surface area contributed by atoms with Gasteiger partial charge in [0.1, 0.15) is 13.2 Å². The number of allylic oxidation sites excluding steroid dienone is 9. The van der Waals surface area contributed by atoms with Crippen LogP contribution in [0.15, 0.2) is 60.8 Å². The fourth-order valence-electron chi connectivity index (χ4n) is 10.8. The van der Waals surface area contributed by atoms with Crippen molar-refractivity contribution >= 4 is 13.7 Å². The Kier molecular flexibility index (Phi) is 63.3. The Hall–Kier alpha value is -1.80. The highest BCUT2D eigenvalue weighted by atomic mass is 31.2. The van der Waals surface area contributed by atoms with Crippen LogP contribution < -0.4 is 10.2 Å². The van der Waals surface area contributed by atoms with Gasteiger partial charge in [-0.2, -0.15) is 0 Å². The van der Waals surface area contributed by atoms with Crippen molar-refractivity contribution in [2.45, 2.75) is 366 Å². The minimum Gasteiger partial charge on any atom is -0.756 e. The number of aliphatic hydroxyl groups is 1. The Morgan fingerprint density at radius 1 is 0.422 bits per heavy atom. The number of likely N-dealkylation sites (N-methyl/N-ethyl adjacent to an activating group) is 1. The van der Waals surface area contributed by atoms with Crippen molar-refractivity contribution < 1.29 is 32.9 Å². The normalized spacial score (nSPS) is 14.0. The van der Waals surface area contributed by atoms with E-state index in [0.29, 0.717) is 17.4 Å². The highest BCUT2D eigenvalue weighted by Crippen LogP contribution is 2.38. The summed E-state index contributed by atoms with van der Waals surface area (Å²) in [6, 6.07) is -0.913. The lowest BCUT2D eigenvalue weighted by Crippen LogP contribution is -2.45. The van der Waals surface area contributed by atoms with Crippen LogP contribution in [0.1, 0.15) is 354 Å². The van der Waals surface area contributed by atoms with Crippen LogP contribution in [-0.4, -0.2) is 68.5 Å². The smallest absolute Gasteiger partial charge is 0.268 e. The van der Waals surface area contributed by atoms with Crippen LogP contribution in [0.2, 0.25) is 0 Å². The maximum atomic E-state index is 13.0. The summed E-state index contributed by atoms with van der Waals surface area (Å²) in [5, 5.41) is 13.9. The van der Waals surface area contributed by atoms with E-state index in [1.165, 1.54) is 283 Å². The number of carbonyl (C=O) groups is 1. The highest BCUT2D eigenvalue weighted by Gasteiger charge is 2.23. The van der Waals surface area contributed by atoms with Crippen LogP contribution in [0.5, 0.6) is 0 Å². The zero-order valence-corrected chi connectivity index (χ0v) is 56.8. The van der Waals surface area contributed by atoms with E-state index in [0.717, 1.165) is 51.4 Å². The molecular weight excluding hydrogens is 1040 g/mol. The van der Waals surface area contributed by atoms with E-state index in [1.54, 1.807) is 6.08 Å². The van der Waals surface area contributed by atoms with Gasteiger partial charge in [0.05, 0.1) is 39.9 Å². The molecule has 83 heavy (non-hydrogen) atoms.